The predicted molar refractivity (Wildman–Crippen MR) is 214 cm³/mol. The molecule has 0 unspecified atom stereocenters. The fourth-order valence-corrected chi connectivity index (χ4v) is 8.26. The number of nitrogens with one attached hydrogen (secondary N) is 2. The van der Waals surface area contributed by atoms with Crippen molar-refractivity contribution >= 4 is 51.1 Å². The lowest BCUT2D eigenvalue weighted by atomic mass is 9.84. The summed E-state index contributed by atoms with van der Waals surface area (Å²) >= 11 is 0. The molecule has 7 rings (SSSR count). The molecule has 2 aromatic heterocycles. The first-order valence-corrected chi connectivity index (χ1v) is 19.0. The number of allylic oxidation sites excluding steroid dienone is 8. The average molecular weight is 727 g/mol. The molecule has 2 atom stereocenters. The molecule has 4 aliphatic heterocycles. The first-order chi connectivity index (χ1) is 25.9. The number of hydrogen-bond donors (Lipinski definition) is 2. The first-order valence-electron chi connectivity index (χ1n) is 19.0. The first kappa shape index (κ1) is 37.0. The molecule has 2 aromatic rings. The number of aromatic nitrogens is 4. The van der Waals surface area contributed by atoms with Gasteiger partial charge in [-0.1, -0.05) is 49.8 Å². The second kappa shape index (κ2) is 14.8. The van der Waals surface area contributed by atoms with Crippen LogP contribution in [0.15, 0.2) is 54.2 Å². The quantitative estimate of drug-likeness (QED) is 0.151. The van der Waals surface area contributed by atoms with Crippen LogP contribution in [0.25, 0.3) is 33.3 Å². The van der Waals surface area contributed by atoms with E-state index in [1.54, 1.807) is 0 Å². The van der Waals surface area contributed by atoms with Gasteiger partial charge in [0, 0.05) is 47.3 Å². The summed E-state index contributed by atoms with van der Waals surface area (Å²) in [5.41, 5.74) is 13.1. The normalized spacial score (nSPS) is 19.1. The molecule has 10 nitrogen and oxygen atoms in total. The van der Waals surface area contributed by atoms with Crippen LogP contribution in [-0.2, 0) is 9.53 Å². The summed E-state index contributed by atoms with van der Waals surface area (Å²) in [6, 6.07) is 6.17. The Bertz CT molecular complexity index is 2310. The number of aryl methyl sites for hydroxylation is 1. The summed E-state index contributed by atoms with van der Waals surface area (Å²) in [6.07, 6.45) is 13.4. The van der Waals surface area contributed by atoms with Gasteiger partial charge in [-0.15, -0.1) is 0 Å². The lowest BCUT2D eigenvalue weighted by Gasteiger charge is -2.28. The number of nitrogens with zero attached hydrogens (tertiary/aromatic N) is 4. The molecular weight excluding hydrogens is 677 g/mol. The molecule has 10 heteroatoms. The van der Waals surface area contributed by atoms with Crippen LogP contribution in [-0.4, -0.2) is 81.8 Å². The Kier molecular flexibility index (Phi) is 10.2. The molecule has 1 aliphatic carbocycles. The fourth-order valence-electron chi connectivity index (χ4n) is 8.26. The Morgan fingerprint density at radius 3 is 2.43 bits per heavy atom. The largest absolute Gasteiger partial charge is 0.469 e. The van der Waals surface area contributed by atoms with Crippen molar-refractivity contribution < 1.29 is 19.1 Å². The molecule has 0 spiro atoms. The van der Waals surface area contributed by atoms with Gasteiger partial charge in [-0.25, -0.2) is 9.97 Å². The number of methoxy groups -OCH3 is 1. The zero-order chi connectivity index (χ0) is 38.4. The van der Waals surface area contributed by atoms with E-state index in [9.17, 15) is 14.4 Å². The van der Waals surface area contributed by atoms with Gasteiger partial charge in [0.1, 0.15) is 0 Å². The van der Waals surface area contributed by atoms with Gasteiger partial charge >= 0.3 is 5.97 Å². The highest BCUT2D eigenvalue weighted by Gasteiger charge is 2.41. The van der Waals surface area contributed by atoms with E-state index in [0.717, 1.165) is 86.8 Å². The van der Waals surface area contributed by atoms with E-state index in [0.29, 0.717) is 35.2 Å². The number of carbonyl (C=O) groups is 3. The van der Waals surface area contributed by atoms with Crippen molar-refractivity contribution in [3.05, 3.63) is 105 Å². The molecule has 0 saturated carbocycles. The van der Waals surface area contributed by atoms with Gasteiger partial charge in [0.2, 0.25) is 0 Å². The highest BCUT2D eigenvalue weighted by Crippen LogP contribution is 2.45. The van der Waals surface area contributed by atoms with Gasteiger partial charge in [-0.2, -0.15) is 0 Å². The third-order valence-corrected chi connectivity index (χ3v) is 11.5. The number of fused-ring (bicyclic) bond motifs is 8. The number of H-pyrrole nitrogens is 2. The van der Waals surface area contributed by atoms with Gasteiger partial charge in [0.05, 0.1) is 53.1 Å². The number of ether oxygens (including phenoxy) is 1. The van der Waals surface area contributed by atoms with Crippen molar-refractivity contribution in [3.63, 3.8) is 0 Å². The molecule has 0 aromatic carbocycles. The van der Waals surface area contributed by atoms with E-state index in [4.69, 9.17) is 14.7 Å². The van der Waals surface area contributed by atoms with Crippen LogP contribution in [0.1, 0.15) is 132 Å². The monoisotopic (exact) mass is 726 g/mol. The number of rotatable bonds is 9. The molecule has 54 heavy (non-hydrogen) atoms. The van der Waals surface area contributed by atoms with E-state index in [2.05, 4.69) is 85.1 Å². The number of amides is 2. The Hall–Kier alpha value is -5.35. The van der Waals surface area contributed by atoms with E-state index < -0.39 is 0 Å². The number of likely N-dealkylation sites (N-methyl/N-ethyl adjacent to an activating group) is 1. The second-order valence-corrected chi connectivity index (χ2v) is 15.1. The van der Waals surface area contributed by atoms with E-state index >= 15 is 0 Å². The number of aromatic amines is 2. The maximum atomic E-state index is 14.9. The summed E-state index contributed by atoms with van der Waals surface area (Å²) in [7, 11) is 5.48. The molecule has 0 fully saturated rings. The highest BCUT2D eigenvalue weighted by molar-refractivity contribution is 6.23. The molecular formula is C44H50N6O4. The average Bonchev–Trinajstić information content (AvgIpc) is 3.83. The minimum absolute atomic E-state index is 0.104. The Labute approximate surface area is 317 Å². The van der Waals surface area contributed by atoms with Gasteiger partial charge in [0.25, 0.3) is 11.8 Å². The number of esters is 1. The van der Waals surface area contributed by atoms with Crippen LogP contribution in [0.4, 0.5) is 0 Å². The molecule has 0 radical (unpaired) electrons. The molecule has 280 valence electrons. The zero-order valence-electron chi connectivity index (χ0n) is 32.6. The zero-order valence-corrected chi connectivity index (χ0v) is 32.6. The van der Waals surface area contributed by atoms with Crippen LogP contribution in [0.5, 0.6) is 0 Å². The maximum absolute atomic E-state index is 14.9. The van der Waals surface area contributed by atoms with Gasteiger partial charge < -0.3 is 19.6 Å². The van der Waals surface area contributed by atoms with Crippen molar-refractivity contribution in [2.24, 2.45) is 0 Å². The SMILES string of the molecule is CCC1=C(C)c2cc3nc(cc4[nH]c(c5c6[nH]c(cc1n2)c(C)c6C(=O)N(CC1=CCC=CC1)C5=O)[C@@H](CCC(=O)OC)[C@@H]4C)C(C)=C3/C=C\CN(C)C. The predicted octanol–water partition coefficient (Wildman–Crippen LogP) is 8.45. The molecule has 2 amide bonds. The lowest BCUT2D eigenvalue weighted by Crippen LogP contribution is -2.42. The Balaban J connectivity index is 1.57. The van der Waals surface area contributed by atoms with Crippen molar-refractivity contribution in [2.45, 2.75) is 78.6 Å². The summed E-state index contributed by atoms with van der Waals surface area (Å²) in [5.74, 6) is -1.33. The second-order valence-electron chi connectivity index (χ2n) is 15.1. The number of hydrogen-bond acceptors (Lipinski definition) is 7. The van der Waals surface area contributed by atoms with Gasteiger partial charge in [-0.3, -0.25) is 19.3 Å². The van der Waals surface area contributed by atoms with Crippen molar-refractivity contribution in [3.8, 4) is 0 Å². The minimum Gasteiger partial charge on any atom is -0.469 e. The van der Waals surface area contributed by atoms with Crippen molar-refractivity contribution in [1.29, 1.82) is 0 Å². The Morgan fingerprint density at radius 1 is 0.981 bits per heavy atom. The Morgan fingerprint density at radius 2 is 1.72 bits per heavy atom. The smallest absolute Gasteiger partial charge is 0.305 e. The van der Waals surface area contributed by atoms with Crippen LogP contribution in [0, 0.1) is 6.92 Å². The summed E-state index contributed by atoms with van der Waals surface area (Å²) < 4.78 is 5.06. The summed E-state index contributed by atoms with van der Waals surface area (Å²) in [6.45, 7) is 11.4. The van der Waals surface area contributed by atoms with Crippen LogP contribution in [0.2, 0.25) is 0 Å². The van der Waals surface area contributed by atoms with Gasteiger partial charge in [0.15, 0.2) is 0 Å². The van der Waals surface area contributed by atoms with E-state index in [1.165, 1.54) is 12.0 Å². The molecule has 5 aliphatic rings. The molecule has 2 N–H and O–H groups in total. The molecule has 6 heterocycles. The third-order valence-electron chi connectivity index (χ3n) is 11.5. The van der Waals surface area contributed by atoms with Crippen molar-refractivity contribution in [1.82, 2.24) is 29.7 Å². The number of carbonyl (C=O) groups excluding carboxylic acids is 3. The van der Waals surface area contributed by atoms with E-state index in [-0.39, 0.29) is 42.6 Å². The molecule has 8 bridgehead atoms. The van der Waals surface area contributed by atoms with Crippen LogP contribution >= 0.6 is 0 Å². The maximum Gasteiger partial charge on any atom is 0.305 e. The minimum atomic E-state index is -0.359. The van der Waals surface area contributed by atoms with Gasteiger partial charge in [-0.05, 0) is 101 Å². The van der Waals surface area contributed by atoms with Crippen LogP contribution < -0.4 is 0 Å². The summed E-state index contributed by atoms with van der Waals surface area (Å²) in [4.78, 5) is 63.1. The summed E-state index contributed by atoms with van der Waals surface area (Å²) in [5, 5.41) is 0. The standard InChI is InChI=1S/C44H50N6O4/c1-9-29-24(2)33-21-37-30(16-13-19-49(6)7)25(3)32(46-37)20-34-26(4)31(17-18-38(51)54-8)41(47-34)40-42-39(27(5)35(48-42)22-36(29)45-33)43(52)50(44(40)53)23-28-14-11-10-12-15-28/h10-11,13,15-16,20-22,26,31,47-48H,9,12,14,17-19,23H2,1-8H3/b16-13-,34-20?,36-22?,37-21?,41-40?/t26-,31-/m0/s1. The topological polar surface area (TPSA) is 124 Å². The van der Waals surface area contributed by atoms with Crippen molar-refractivity contribution in [2.75, 3.05) is 34.3 Å². The highest BCUT2D eigenvalue weighted by atomic mass is 16.5. The third kappa shape index (κ3) is 6.57. The number of imide groups is 1. The molecule has 0 saturated heterocycles. The fraction of sp³-hybridized carbons (Fsp3) is 0.386. The van der Waals surface area contributed by atoms with Crippen LogP contribution in [0.3, 0.4) is 0 Å². The van der Waals surface area contributed by atoms with E-state index in [1.807, 2.05) is 27.1 Å². The lowest BCUT2D eigenvalue weighted by molar-refractivity contribution is -0.140.